The maximum Gasteiger partial charge on any atom is 0.186 e. The van der Waals surface area contributed by atoms with Crippen molar-refractivity contribution in [3.05, 3.63) is 54.2 Å². The molecule has 0 atom stereocenters. The monoisotopic (exact) mass is 279 g/mol. The van der Waals surface area contributed by atoms with E-state index in [1.807, 2.05) is 47.8 Å². The summed E-state index contributed by atoms with van der Waals surface area (Å²) in [5.41, 5.74) is 2.62. The van der Waals surface area contributed by atoms with Gasteiger partial charge in [0.1, 0.15) is 22.5 Å². The minimum atomic E-state index is 0.662. The van der Waals surface area contributed by atoms with E-state index in [2.05, 4.69) is 15.1 Å². The van der Waals surface area contributed by atoms with Gasteiger partial charge in [0.05, 0.1) is 0 Å². The predicted octanol–water partition coefficient (Wildman–Crippen LogP) is 4.01. The second-order valence-corrected chi connectivity index (χ2v) is 5.20. The summed E-state index contributed by atoms with van der Waals surface area (Å²) in [6, 6.07) is 13.8. The van der Waals surface area contributed by atoms with Crippen LogP contribution in [-0.4, -0.2) is 15.1 Å². The Balaban J connectivity index is 1.84. The van der Waals surface area contributed by atoms with Crippen LogP contribution in [0.4, 0.5) is 0 Å². The summed E-state index contributed by atoms with van der Waals surface area (Å²) in [5.74, 6) is 0.662. The first-order valence-corrected chi connectivity index (χ1v) is 7.00. The van der Waals surface area contributed by atoms with Gasteiger partial charge in [0.25, 0.3) is 0 Å². The van der Waals surface area contributed by atoms with E-state index in [4.69, 9.17) is 4.52 Å². The van der Waals surface area contributed by atoms with Crippen molar-refractivity contribution >= 4 is 21.6 Å². The zero-order chi connectivity index (χ0) is 13.4. The van der Waals surface area contributed by atoms with E-state index in [1.54, 1.807) is 17.7 Å². The topological polar surface area (TPSA) is 51.8 Å². The Bertz CT molecular complexity index is 867. The fourth-order valence-electron chi connectivity index (χ4n) is 2.12. The molecule has 0 amide bonds. The van der Waals surface area contributed by atoms with E-state index in [0.29, 0.717) is 5.76 Å². The van der Waals surface area contributed by atoms with Crippen molar-refractivity contribution in [1.29, 1.82) is 0 Å². The average molecular weight is 279 g/mol. The molecule has 3 heterocycles. The first-order valence-electron chi connectivity index (χ1n) is 6.12. The molecule has 0 aliphatic heterocycles. The molecule has 0 bridgehead atoms. The van der Waals surface area contributed by atoms with Crippen LogP contribution in [0.3, 0.4) is 0 Å². The van der Waals surface area contributed by atoms with Gasteiger partial charge in [0, 0.05) is 17.0 Å². The Morgan fingerprint density at radius 2 is 1.90 bits per heavy atom. The predicted molar refractivity (Wildman–Crippen MR) is 78.3 cm³/mol. The number of hydrogen-bond donors (Lipinski definition) is 0. The maximum absolute atomic E-state index is 5.45. The Morgan fingerprint density at radius 1 is 1.00 bits per heavy atom. The molecule has 0 saturated heterocycles. The lowest BCUT2D eigenvalue weighted by Crippen LogP contribution is -1.83. The lowest BCUT2D eigenvalue weighted by Gasteiger charge is -1.95. The highest BCUT2D eigenvalue weighted by Gasteiger charge is 2.13. The molecule has 0 N–H and O–H groups in total. The van der Waals surface area contributed by atoms with Crippen LogP contribution in [-0.2, 0) is 0 Å². The minimum Gasteiger partial charge on any atom is -0.354 e. The molecule has 96 valence electrons. The van der Waals surface area contributed by atoms with Crippen molar-refractivity contribution in [3.63, 3.8) is 0 Å². The molecule has 20 heavy (non-hydrogen) atoms. The Labute approximate surface area is 118 Å². The highest BCUT2D eigenvalue weighted by molar-refractivity contribution is 7.16. The number of hydrogen-bond acceptors (Lipinski definition) is 5. The number of fused-ring (bicyclic) bond motifs is 1. The van der Waals surface area contributed by atoms with Crippen LogP contribution in [0.15, 0.2) is 58.7 Å². The second-order valence-electron chi connectivity index (χ2n) is 4.30. The van der Waals surface area contributed by atoms with Gasteiger partial charge in [-0.3, -0.25) is 0 Å². The highest BCUT2D eigenvalue weighted by atomic mass is 32.1. The standard InChI is InChI=1S/C15H9N3OS/c1-2-4-10(5-3-1)12-8-13(19-18-12)14-11-6-7-20-15(11)17-9-16-14/h1-9H. The van der Waals surface area contributed by atoms with E-state index < -0.39 is 0 Å². The van der Waals surface area contributed by atoms with Gasteiger partial charge in [0.15, 0.2) is 5.76 Å². The molecule has 4 aromatic rings. The molecule has 4 rings (SSSR count). The van der Waals surface area contributed by atoms with E-state index in [1.165, 1.54) is 0 Å². The molecule has 0 spiro atoms. The van der Waals surface area contributed by atoms with Gasteiger partial charge in [-0.2, -0.15) is 0 Å². The van der Waals surface area contributed by atoms with Gasteiger partial charge in [-0.15, -0.1) is 11.3 Å². The third kappa shape index (κ3) is 1.80. The lowest BCUT2D eigenvalue weighted by molar-refractivity contribution is 0.434. The smallest absolute Gasteiger partial charge is 0.186 e. The first kappa shape index (κ1) is 11.3. The molecular weight excluding hydrogens is 270 g/mol. The minimum absolute atomic E-state index is 0.662. The first-order chi connectivity index (χ1) is 9.92. The number of aromatic nitrogens is 3. The van der Waals surface area contributed by atoms with Crippen LogP contribution in [0, 0.1) is 0 Å². The van der Waals surface area contributed by atoms with E-state index in [-0.39, 0.29) is 0 Å². The largest absolute Gasteiger partial charge is 0.354 e. The molecule has 0 radical (unpaired) electrons. The zero-order valence-corrected chi connectivity index (χ0v) is 11.2. The van der Waals surface area contributed by atoms with Crippen molar-refractivity contribution in [2.45, 2.75) is 0 Å². The molecule has 5 heteroatoms. The van der Waals surface area contributed by atoms with Crippen molar-refractivity contribution in [3.8, 4) is 22.7 Å². The van der Waals surface area contributed by atoms with Gasteiger partial charge >= 0.3 is 0 Å². The molecule has 0 fully saturated rings. The fraction of sp³-hybridized carbons (Fsp3) is 0. The van der Waals surface area contributed by atoms with Gasteiger partial charge in [-0.05, 0) is 11.4 Å². The summed E-state index contributed by atoms with van der Waals surface area (Å²) < 4.78 is 5.45. The van der Waals surface area contributed by atoms with Crippen LogP contribution in [0.2, 0.25) is 0 Å². The van der Waals surface area contributed by atoms with Crippen molar-refractivity contribution < 1.29 is 4.52 Å². The number of thiophene rings is 1. The maximum atomic E-state index is 5.45. The van der Waals surface area contributed by atoms with Crippen LogP contribution < -0.4 is 0 Å². The molecule has 0 saturated carbocycles. The van der Waals surface area contributed by atoms with E-state index in [9.17, 15) is 0 Å². The van der Waals surface area contributed by atoms with Gasteiger partial charge in [-0.1, -0.05) is 35.5 Å². The fourth-order valence-corrected chi connectivity index (χ4v) is 2.85. The second kappa shape index (κ2) is 4.54. The molecule has 1 aromatic carbocycles. The molecule has 0 aliphatic carbocycles. The quantitative estimate of drug-likeness (QED) is 0.556. The SMILES string of the molecule is c1ccc(-c2cc(-c3ncnc4sccc34)on2)cc1. The van der Waals surface area contributed by atoms with Gasteiger partial charge < -0.3 is 4.52 Å². The molecule has 0 aliphatic rings. The van der Waals surface area contributed by atoms with Crippen molar-refractivity contribution in [1.82, 2.24) is 15.1 Å². The van der Waals surface area contributed by atoms with E-state index in [0.717, 1.165) is 27.2 Å². The van der Waals surface area contributed by atoms with Crippen molar-refractivity contribution in [2.75, 3.05) is 0 Å². The van der Waals surface area contributed by atoms with Crippen LogP contribution in [0.5, 0.6) is 0 Å². The average Bonchev–Trinajstić information content (AvgIpc) is 3.17. The van der Waals surface area contributed by atoms with E-state index >= 15 is 0 Å². The summed E-state index contributed by atoms with van der Waals surface area (Å²) in [6.45, 7) is 0. The summed E-state index contributed by atoms with van der Waals surface area (Å²) >= 11 is 1.59. The molecule has 4 nitrogen and oxygen atoms in total. The Kier molecular flexibility index (Phi) is 2.57. The Morgan fingerprint density at radius 3 is 2.80 bits per heavy atom. The van der Waals surface area contributed by atoms with Crippen molar-refractivity contribution in [2.24, 2.45) is 0 Å². The number of rotatable bonds is 2. The summed E-state index contributed by atoms with van der Waals surface area (Å²) in [4.78, 5) is 9.51. The van der Waals surface area contributed by atoms with Crippen LogP contribution in [0.25, 0.3) is 32.9 Å². The third-order valence-corrected chi connectivity index (χ3v) is 3.90. The molecule has 0 unspecified atom stereocenters. The van der Waals surface area contributed by atoms with Gasteiger partial charge in [0.2, 0.25) is 0 Å². The zero-order valence-electron chi connectivity index (χ0n) is 10.4. The van der Waals surface area contributed by atoms with Gasteiger partial charge in [-0.25, -0.2) is 9.97 Å². The summed E-state index contributed by atoms with van der Waals surface area (Å²) in [5, 5.41) is 7.11. The lowest BCUT2D eigenvalue weighted by atomic mass is 10.1. The molecule has 3 aromatic heterocycles. The third-order valence-electron chi connectivity index (χ3n) is 3.07. The van der Waals surface area contributed by atoms with Crippen LogP contribution in [0.1, 0.15) is 0 Å². The van der Waals surface area contributed by atoms with Crippen LogP contribution >= 0.6 is 11.3 Å². The highest BCUT2D eigenvalue weighted by Crippen LogP contribution is 2.30. The number of benzene rings is 1. The number of nitrogens with zero attached hydrogens (tertiary/aromatic N) is 3. The molecular formula is C15H9N3OS. The Hall–Kier alpha value is -2.53. The normalized spacial score (nSPS) is 11.0. The summed E-state index contributed by atoms with van der Waals surface area (Å²) in [7, 11) is 0. The summed E-state index contributed by atoms with van der Waals surface area (Å²) in [6.07, 6.45) is 1.55.